The van der Waals surface area contributed by atoms with Gasteiger partial charge in [-0.25, -0.2) is 9.59 Å². The van der Waals surface area contributed by atoms with Crippen molar-refractivity contribution in [1.82, 2.24) is 0 Å². The number of rotatable bonds is 3. The molecule has 0 fully saturated rings. The van der Waals surface area contributed by atoms with E-state index in [1.807, 2.05) is 0 Å². The van der Waals surface area contributed by atoms with Gasteiger partial charge in [-0.05, 0) is 30.3 Å². The van der Waals surface area contributed by atoms with Crippen LogP contribution in [-0.2, 0) is 9.53 Å². The van der Waals surface area contributed by atoms with Crippen LogP contribution >= 0.6 is 15.9 Å². The highest BCUT2D eigenvalue weighted by atomic mass is 79.9. The SMILES string of the molecule is CC(=O)Oc1ccccc1C(=O)OC(=O)c1cccc(Br)c1. The van der Waals surface area contributed by atoms with Crippen LogP contribution < -0.4 is 4.74 Å². The van der Waals surface area contributed by atoms with E-state index >= 15 is 0 Å². The molecule has 0 saturated heterocycles. The van der Waals surface area contributed by atoms with E-state index in [-0.39, 0.29) is 16.9 Å². The molecule has 0 atom stereocenters. The Bertz CT molecular complexity index is 739. The van der Waals surface area contributed by atoms with Gasteiger partial charge in [-0.2, -0.15) is 0 Å². The number of esters is 3. The predicted octanol–water partition coefficient (Wildman–Crippen LogP) is 3.37. The number of hydrogen-bond donors (Lipinski definition) is 0. The molecule has 6 heteroatoms. The Morgan fingerprint density at radius 3 is 2.36 bits per heavy atom. The van der Waals surface area contributed by atoms with Gasteiger partial charge >= 0.3 is 17.9 Å². The maximum Gasteiger partial charge on any atom is 0.349 e. The topological polar surface area (TPSA) is 69.7 Å². The van der Waals surface area contributed by atoms with Crippen LogP contribution in [0.5, 0.6) is 5.75 Å². The highest BCUT2D eigenvalue weighted by molar-refractivity contribution is 9.10. The summed E-state index contributed by atoms with van der Waals surface area (Å²) in [4.78, 5) is 35.0. The van der Waals surface area contributed by atoms with Crippen LogP contribution in [0.2, 0.25) is 0 Å². The number of hydrogen-bond acceptors (Lipinski definition) is 5. The van der Waals surface area contributed by atoms with Gasteiger partial charge in [-0.15, -0.1) is 0 Å². The van der Waals surface area contributed by atoms with Gasteiger partial charge in [-0.3, -0.25) is 4.79 Å². The van der Waals surface area contributed by atoms with Crippen LogP contribution in [0, 0.1) is 0 Å². The van der Waals surface area contributed by atoms with Crippen molar-refractivity contribution in [3.05, 3.63) is 64.1 Å². The number of carbonyl (C=O) groups is 3. The average Bonchev–Trinajstić information content (AvgIpc) is 2.47. The van der Waals surface area contributed by atoms with Crippen LogP contribution in [-0.4, -0.2) is 17.9 Å². The minimum atomic E-state index is -0.887. The van der Waals surface area contributed by atoms with E-state index in [0.717, 1.165) is 0 Å². The molecule has 0 spiro atoms. The fraction of sp³-hybridized carbons (Fsp3) is 0.0625. The molecule has 0 aromatic heterocycles. The van der Waals surface area contributed by atoms with Gasteiger partial charge in [0.05, 0.1) is 5.56 Å². The predicted molar refractivity (Wildman–Crippen MR) is 81.6 cm³/mol. The minimum Gasteiger partial charge on any atom is -0.426 e. The Kier molecular flexibility index (Phi) is 5.06. The molecular weight excluding hydrogens is 352 g/mol. The van der Waals surface area contributed by atoms with Crippen LogP contribution in [0.15, 0.2) is 53.0 Å². The van der Waals surface area contributed by atoms with Gasteiger partial charge in [0.25, 0.3) is 0 Å². The molecule has 0 unspecified atom stereocenters. The smallest absolute Gasteiger partial charge is 0.349 e. The van der Waals surface area contributed by atoms with Crippen LogP contribution in [0.1, 0.15) is 27.6 Å². The van der Waals surface area contributed by atoms with Crippen molar-refractivity contribution >= 4 is 33.8 Å². The standard InChI is InChI=1S/C16H11BrO5/c1-10(18)21-14-8-3-2-7-13(14)16(20)22-15(19)11-5-4-6-12(17)9-11/h2-9H,1H3. The van der Waals surface area contributed by atoms with E-state index < -0.39 is 17.9 Å². The molecule has 0 saturated carbocycles. The number of benzene rings is 2. The van der Waals surface area contributed by atoms with Crippen LogP contribution in [0.25, 0.3) is 0 Å². The van der Waals surface area contributed by atoms with Crippen LogP contribution in [0.3, 0.4) is 0 Å². The summed E-state index contributed by atoms with van der Waals surface area (Å²) in [6.45, 7) is 1.22. The number of ether oxygens (including phenoxy) is 2. The van der Waals surface area contributed by atoms with E-state index in [1.165, 1.54) is 31.2 Å². The lowest BCUT2D eigenvalue weighted by Gasteiger charge is -2.08. The van der Waals surface area contributed by atoms with Crippen molar-refractivity contribution in [1.29, 1.82) is 0 Å². The maximum atomic E-state index is 12.1. The average molecular weight is 363 g/mol. The number of carbonyl (C=O) groups excluding carboxylic acids is 3. The normalized spacial score (nSPS) is 9.91. The zero-order valence-corrected chi connectivity index (χ0v) is 13.1. The molecule has 0 amide bonds. The lowest BCUT2D eigenvalue weighted by atomic mass is 10.2. The Morgan fingerprint density at radius 2 is 1.68 bits per heavy atom. The summed E-state index contributed by atoms with van der Waals surface area (Å²) in [5.74, 6) is -2.20. The first-order valence-corrected chi connectivity index (χ1v) is 7.06. The molecule has 2 rings (SSSR count). The Hall–Kier alpha value is -2.47. The molecule has 0 radical (unpaired) electrons. The molecule has 22 heavy (non-hydrogen) atoms. The number of para-hydroxylation sites is 1. The Balaban J connectivity index is 2.19. The third-order valence-corrected chi connectivity index (χ3v) is 3.10. The third-order valence-electron chi connectivity index (χ3n) is 2.61. The largest absolute Gasteiger partial charge is 0.426 e. The second-order valence-electron chi connectivity index (χ2n) is 4.28. The highest BCUT2D eigenvalue weighted by Gasteiger charge is 2.19. The van der Waals surface area contributed by atoms with Crippen molar-refractivity contribution in [2.24, 2.45) is 0 Å². The molecule has 112 valence electrons. The molecule has 2 aromatic rings. The molecule has 0 bridgehead atoms. The minimum absolute atomic E-state index is 0.000969. The van der Waals surface area contributed by atoms with E-state index in [2.05, 4.69) is 15.9 Å². The first-order chi connectivity index (χ1) is 10.5. The molecular formula is C16H11BrO5. The Labute approximate surface area is 135 Å². The summed E-state index contributed by atoms with van der Waals surface area (Å²) in [6.07, 6.45) is 0. The van der Waals surface area contributed by atoms with Gasteiger partial charge in [0.15, 0.2) is 0 Å². The fourth-order valence-electron chi connectivity index (χ4n) is 1.69. The first kappa shape index (κ1) is 15.9. The lowest BCUT2D eigenvalue weighted by molar-refractivity contribution is -0.131. The first-order valence-electron chi connectivity index (χ1n) is 6.27. The summed E-state index contributed by atoms with van der Waals surface area (Å²) in [7, 11) is 0. The Morgan fingerprint density at radius 1 is 0.955 bits per heavy atom. The second kappa shape index (κ2) is 7.00. The third kappa shape index (κ3) is 4.02. The summed E-state index contributed by atoms with van der Waals surface area (Å²) >= 11 is 3.23. The summed E-state index contributed by atoms with van der Waals surface area (Å²) in [5.41, 5.74) is 0.230. The molecule has 0 aliphatic rings. The molecule has 0 N–H and O–H groups in total. The quantitative estimate of drug-likeness (QED) is 0.475. The van der Waals surface area contributed by atoms with Crippen LogP contribution in [0.4, 0.5) is 0 Å². The van der Waals surface area contributed by atoms with E-state index in [1.54, 1.807) is 24.3 Å². The van der Waals surface area contributed by atoms with E-state index in [9.17, 15) is 14.4 Å². The van der Waals surface area contributed by atoms with Gasteiger partial charge in [0, 0.05) is 11.4 Å². The van der Waals surface area contributed by atoms with Gasteiger partial charge < -0.3 is 9.47 Å². The van der Waals surface area contributed by atoms with Crippen molar-refractivity contribution in [3.8, 4) is 5.75 Å². The second-order valence-corrected chi connectivity index (χ2v) is 5.19. The van der Waals surface area contributed by atoms with Gasteiger partial charge in [0.1, 0.15) is 11.3 Å². The summed E-state index contributed by atoms with van der Waals surface area (Å²) in [5, 5.41) is 0. The molecule has 0 aliphatic heterocycles. The fourth-order valence-corrected chi connectivity index (χ4v) is 2.09. The maximum absolute atomic E-state index is 12.1. The molecule has 0 heterocycles. The van der Waals surface area contributed by atoms with Crippen molar-refractivity contribution in [2.45, 2.75) is 6.92 Å². The van der Waals surface area contributed by atoms with Crippen molar-refractivity contribution in [2.75, 3.05) is 0 Å². The van der Waals surface area contributed by atoms with E-state index in [4.69, 9.17) is 9.47 Å². The van der Waals surface area contributed by atoms with Crippen molar-refractivity contribution in [3.63, 3.8) is 0 Å². The molecule has 2 aromatic carbocycles. The molecule has 5 nitrogen and oxygen atoms in total. The molecule has 0 aliphatic carbocycles. The summed E-state index contributed by atoms with van der Waals surface area (Å²) < 4.78 is 10.4. The van der Waals surface area contributed by atoms with Crippen molar-refractivity contribution < 1.29 is 23.9 Å². The monoisotopic (exact) mass is 362 g/mol. The highest BCUT2D eigenvalue weighted by Crippen LogP contribution is 2.20. The van der Waals surface area contributed by atoms with Gasteiger partial charge in [0.2, 0.25) is 0 Å². The van der Waals surface area contributed by atoms with Gasteiger partial charge in [-0.1, -0.05) is 34.1 Å². The number of halogens is 1. The zero-order chi connectivity index (χ0) is 16.1. The zero-order valence-electron chi connectivity index (χ0n) is 11.5. The lowest BCUT2D eigenvalue weighted by Crippen LogP contribution is -2.15. The summed E-state index contributed by atoms with van der Waals surface area (Å²) in [6, 6.07) is 12.5. The van der Waals surface area contributed by atoms with E-state index in [0.29, 0.717) is 4.47 Å².